The Kier molecular flexibility index (Phi) is 3.97. The van der Waals surface area contributed by atoms with E-state index in [1.165, 1.54) is 0 Å². The van der Waals surface area contributed by atoms with Crippen molar-refractivity contribution < 1.29 is 17.9 Å². The first-order valence-corrected chi connectivity index (χ1v) is 6.04. The van der Waals surface area contributed by atoms with Crippen LogP contribution in [0.2, 0.25) is 5.02 Å². The number of ether oxygens (including phenoxy) is 1. The Morgan fingerprint density at radius 3 is 2.53 bits per heavy atom. The SMILES string of the molecule is Fc1c(F)c(C2CNCCO2)c(Cl)c(F)c1Br. The average molecular weight is 331 g/mol. The number of benzene rings is 1. The maximum Gasteiger partial charge on any atom is 0.176 e. The standard InChI is InChI=1S/C10H8BrClF3NO/c11-6-9(14)7(12)5(8(13)10(6)15)4-3-16-1-2-17-4/h4,16H,1-3H2. The van der Waals surface area contributed by atoms with Crippen LogP contribution in [0.25, 0.3) is 0 Å². The lowest BCUT2D eigenvalue weighted by Gasteiger charge is -2.25. The summed E-state index contributed by atoms with van der Waals surface area (Å²) < 4.78 is 45.3. The van der Waals surface area contributed by atoms with E-state index in [1.807, 2.05) is 0 Å². The van der Waals surface area contributed by atoms with E-state index < -0.39 is 33.1 Å². The Balaban J connectivity index is 2.52. The molecule has 0 aliphatic carbocycles. The van der Waals surface area contributed by atoms with Gasteiger partial charge in [0.1, 0.15) is 0 Å². The third-order valence-corrected chi connectivity index (χ3v) is 3.56. The van der Waals surface area contributed by atoms with Crippen molar-refractivity contribution in [2.24, 2.45) is 0 Å². The average Bonchev–Trinajstić information content (AvgIpc) is 2.36. The van der Waals surface area contributed by atoms with Gasteiger partial charge in [-0.3, -0.25) is 0 Å². The predicted octanol–water partition coefficient (Wildman–Crippen LogP) is 3.18. The zero-order valence-corrected chi connectivity index (χ0v) is 10.8. The molecule has 1 aliphatic rings. The molecule has 0 bridgehead atoms. The van der Waals surface area contributed by atoms with Gasteiger partial charge in [0.25, 0.3) is 0 Å². The molecule has 1 heterocycles. The quantitative estimate of drug-likeness (QED) is 0.631. The molecule has 0 radical (unpaired) electrons. The van der Waals surface area contributed by atoms with Gasteiger partial charge < -0.3 is 10.1 Å². The van der Waals surface area contributed by atoms with Crippen molar-refractivity contribution in [3.8, 4) is 0 Å². The van der Waals surface area contributed by atoms with Gasteiger partial charge in [-0.1, -0.05) is 11.6 Å². The van der Waals surface area contributed by atoms with E-state index in [9.17, 15) is 13.2 Å². The third-order valence-electron chi connectivity index (χ3n) is 2.49. The van der Waals surface area contributed by atoms with Gasteiger partial charge in [0.05, 0.1) is 22.2 Å². The number of hydrogen-bond acceptors (Lipinski definition) is 2. The first-order valence-electron chi connectivity index (χ1n) is 4.87. The highest BCUT2D eigenvalue weighted by Crippen LogP contribution is 2.37. The Labute approximate surface area is 109 Å². The summed E-state index contributed by atoms with van der Waals surface area (Å²) in [5.74, 6) is -3.50. The summed E-state index contributed by atoms with van der Waals surface area (Å²) in [6.45, 7) is 1.20. The van der Waals surface area contributed by atoms with E-state index in [-0.39, 0.29) is 12.1 Å². The molecule has 0 aromatic heterocycles. The smallest absolute Gasteiger partial charge is 0.176 e. The summed E-state index contributed by atoms with van der Waals surface area (Å²) in [7, 11) is 0. The number of hydrogen-bond donors (Lipinski definition) is 1. The van der Waals surface area contributed by atoms with Crippen LogP contribution in [0.3, 0.4) is 0 Å². The van der Waals surface area contributed by atoms with E-state index in [2.05, 4.69) is 21.2 Å². The first-order chi connectivity index (χ1) is 8.04. The summed E-state index contributed by atoms with van der Waals surface area (Å²) in [6.07, 6.45) is -0.784. The molecule has 2 nitrogen and oxygen atoms in total. The second-order valence-electron chi connectivity index (χ2n) is 3.55. The minimum atomic E-state index is -1.30. The van der Waals surface area contributed by atoms with E-state index >= 15 is 0 Å². The molecule has 1 saturated heterocycles. The van der Waals surface area contributed by atoms with Gasteiger partial charge in [-0.15, -0.1) is 0 Å². The molecular weight excluding hydrogens is 322 g/mol. The Morgan fingerprint density at radius 1 is 1.24 bits per heavy atom. The first kappa shape index (κ1) is 13.1. The van der Waals surface area contributed by atoms with Gasteiger partial charge in [0.2, 0.25) is 0 Å². The molecule has 0 amide bonds. The van der Waals surface area contributed by atoms with Crippen molar-refractivity contribution in [3.63, 3.8) is 0 Å². The van der Waals surface area contributed by atoms with Crippen molar-refractivity contribution >= 4 is 27.5 Å². The lowest BCUT2D eigenvalue weighted by Crippen LogP contribution is -2.34. The third kappa shape index (κ3) is 2.31. The number of nitrogens with one attached hydrogen (secondary N) is 1. The molecule has 0 spiro atoms. The molecule has 1 aromatic rings. The molecule has 1 N–H and O–H groups in total. The minimum Gasteiger partial charge on any atom is -0.371 e. The highest BCUT2D eigenvalue weighted by atomic mass is 79.9. The zero-order valence-electron chi connectivity index (χ0n) is 8.50. The van der Waals surface area contributed by atoms with Crippen LogP contribution in [0.4, 0.5) is 13.2 Å². The Morgan fingerprint density at radius 2 is 1.94 bits per heavy atom. The fraction of sp³-hybridized carbons (Fsp3) is 0.400. The normalized spacial score (nSPS) is 20.6. The minimum absolute atomic E-state index is 0.261. The van der Waals surface area contributed by atoms with E-state index in [0.717, 1.165) is 0 Å². The van der Waals surface area contributed by atoms with E-state index in [0.29, 0.717) is 13.2 Å². The number of halogens is 5. The van der Waals surface area contributed by atoms with Crippen molar-refractivity contribution in [1.82, 2.24) is 5.32 Å². The summed E-state index contributed by atoms with van der Waals surface area (Å²) in [4.78, 5) is 0. The maximum atomic E-state index is 13.7. The summed E-state index contributed by atoms with van der Waals surface area (Å²) >= 11 is 8.30. The molecule has 7 heteroatoms. The van der Waals surface area contributed by atoms with Crippen LogP contribution in [0.1, 0.15) is 11.7 Å². The van der Waals surface area contributed by atoms with Gasteiger partial charge in [0, 0.05) is 18.7 Å². The van der Waals surface area contributed by atoms with Gasteiger partial charge in [-0.05, 0) is 15.9 Å². The van der Waals surface area contributed by atoms with E-state index in [4.69, 9.17) is 16.3 Å². The van der Waals surface area contributed by atoms with Crippen LogP contribution in [-0.2, 0) is 4.74 Å². The topological polar surface area (TPSA) is 21.3 Å². The predicted molar refractivity (Wildman–Crippen MR) is 60.6 cm³/mol. The van der Waals surface area contributed by atoms with Crippen molar-refractivity contribution in [2.75, 3.05) is 19.7 Å². The fourth-order valence-corrected chi connectivity index (χ4v) is 2.44. The summed E-state index contributed by atoms with van der Waals surface area (Å²) in [5, 5.41) is 2.48. The molecule has 1 unspecified atom stereocenters. The lowest BCUT2D eigenvalue weighted by atomic mass is 10.1. The molecule has 94 valence electrons. The molecule has 0 saturated carbocycles. The van der Waals surface area contributed by atoms with Crippen LogP contribution in [-0.4, -0.2) is 19.7 Å². The van der Waals surface area contributed by atoms with E-state index in [1.54, 1.807) is 0 Å². The van der Waals surface area contributed by atoms with Gasteiger partial charge >= 0.3 is 0 Å². The Bertz CT molecular complexity index is 423. The molecule has 2 rings (SSSR count). The molecule has 17 heavy (non-hydrogen) atoms. The number of rotatable bonds is 1. The summed E-state index contributed by atoms with van der Waals surface area (Å²) in [6, 6.07) is 0. The largest absolute Gasteiger partial charge is 0.371 e. The van der Waals surface area contributed by atoms with Gasteiger partial charge in [-0.25, -0.2) is 13.2 Å². The van der Waals surface area contributed by atoms with Crippen LogP contribution < -0.4 is 5.32 Å². The molecule has 1 aromatic carbocycles. The van der Waals surface area contributed by atoms with Gasteiger partial charge in [-0.2, -0.15) is 0 Å². The van der Waals surface area contributed by atoms with Gasteiger partial charge in [0.15, 0.2) is 17.5 Å². The molecule has 1 atom stereocenters. The molecule has 1 fully saturated rings. The molecular formula is C10H8BrClF3NO. The molecule has 1 aliphatic heterocycles. The van der Waals surface area contributed by atoms with Crippen molar-refractivity contribution in [3.05, 3.63) is 32.5 Å². The maximum absolute atomic E-state index is 13.7. The van der Waals surface area contributed by atoms with Crippen molar-refractivity contribution in [2.45, 2.75) is 6.10 Å². The van der Waals surface area contributed by atoms with Crippen LogP contribution >= 0.6 is 27.5 Å². The highest BCUT2D eigenvalue weighted by molar-refractivity contribution is 9.10. The lowest BCUT2D eigenvalue weighted by molar-refractivity contribution is 0.0249. The zero-order chi connectivity index (χ0) is 12.6. The second-order valence-corrected chi connectivity index (χ2v) is 4.72. The highest BCUT2D eigenvalue weighted by Gasteiger charge is 2.29. The summed E-state index contributed by atoms with van der Waals surface area (Å²) in [5.41, 5.74) is -0.280. The van der Waals surface area contributed by atoms with Crippen LogP contribution in [0.15, 0.2) is 4.47 Å². The number of morpholine rings is 1. The van der Waals surface area contributed by atoms with Crippen LogP contribution in [0.5, 0.6) is 0 Å². The second kappa shape index (κ2) is 5.14. The fourth-order valence-electron chi connectivity index (χ4n) is 1.66. The monoisotopic (exact) mass is 329 g/mol. The van der Waals surface area contributed by atoms with Crippen molar-refractivity contribution in [1.29, 1.82) is 0 Å². The van der Waals surface area contributed by atoms with Crippen LogP contribution in [0, 0.1) is 17.5 Å². The Hall–Kier alpha value is -0.300.